The fourth-order valence-electron chi connectivity index (χ4n) is 6.65. The summed E-state index contributed by atoms with van der Waals surface area (Å²) in [5.74, 6) is -1.06. The second-order valence-electron chi connectivity index (χ2n) is 10.3. The molecule has 0 spiro atoms. The van der Waals surface area contributed by atoms with Crippen molar-refractivity contribution in [3.05, 3.63) is 125 Å². The van der Waals surface area contributed by atoms with Gasteiger partial charge in [0.15, 0.2) is 0 Å². The smallest absolute Gasteiger partial charge is 0.354 e. The molecule has 2 aliphatic rings. The molecule has 4 aromatic carbocycles. The number of halogens is 1. The van der Waals surface area contributed by atoms with E-state index in [-0.39, 0.29) is 11.6 Å². The Morgan fingerprint density at radius 3 is 2.52 bits per heavy atom. The van der Waals surface area contributed by atoms with E-state index >= 15 is 0 Å². The van der Waals surface area contributed by atoms with E-state index in [1.54, 1.807) is 6.07 Å². The molecule has 1 amide bonds. The van der Waals surface area contributed by atoms with Crippen LogP contribution in [-0.2, 0) is 10.2 Å². The Morgan fingerprint density at radius 2 is 1.70 bits per heavy atom. The third-order valence-corrected chi connectivity index (χ3v) is 8.32. The van der Waals surface area contributed by atoms with Gasteiger partial charge in [0.05, 0.1) is 12.5 Å². The summed E-state index contributed by atoms with van der Waals surface area (Å²) in [7, 11) is 1.33. The Balaban J connectivity index is 1.43. The van der Waals surface area contributed by atoms with Gasteiger partial charge in [0.1, 0.15) is 17.7 Å². The van der Waals surface area contributed by atoms with Gasteiger partial charge in [-0.25, -0.2) is 9.18 Å². The molecule has 2 aliphatic heterocycles. The number of aromatic nitrogens is 1. The van der Waals surface area contributed by atoms with Crippen LogP contribution in [0, 0.1) is 5.82 Å². The van der Waals surface area contributed by atoms with Crippen LogP contribution in [0.3, 0.4) is 0 Å². The minimum Gasteiger partial charge on any atom is -0.464 e. The van der Waals surface area contributed by atoms with Crippen LogP contribution in [0.25, 0.3) is 22.0 Å². The van der Waals surface area contributed by atoms with Crippen molar-refractivity contribution in [1.29, 1.82) is 0 Å². The fourth-order valence-corrected chi connectivity index (χ4v) is 6.65. The number of hydrogen-bond acceptors (Lipinski definition) is 4. The van der Waals surface area contributed by atoms with Crippen LogP contribution in [0.15, 0.2) is 97.1 Å². The van der Waals surface area contributed by atoms with E-state index in [0.29, 0.717) is 35.0 Å². The molecule has 0 bridgehead atoms. The summed E-state index contributed by atoms with van der Waals surface area (Å²) in [5.41, 5.74) is 4.97. The molecule has 0 radical (unpaired) electrons. The number of aromatic amines is 1. The maximum atomic E-state index is 14.7. The van der Waals surface area contributed by atoms with Crippen molar-refractivity contribution < 1.29 is 18.7 Å². The molecule has 1 saturated heterocycles. The first-order valence-electron chi connectivity index (χ1n) is 13.2. The summed E-state index contributed by atoms with van der Waals surface area (Å²) in [4.78, 5) is 32.5. The van der Waals surface area contributed by atoms with Gasteiger partial charge >= 0.3 is 5.97 Å². The zero-order valence-corrected chi connectivity index (χ0v) is 21.8. The first-order valence-corrected chi connectivity index (χ1v) is 13.2. The second kappa shape index (κ2) is 9.09. The molecule has 2 unspecified atom stereocenters. The van der Waals surface area contributed by atoms with Gasteiger partial charge in [-0.2, -0.15) is 0 Å². The van der Waals surface area contributed by atoms with E-state index in [9.17, 15) is 14.0 Å². The first kappa shape index (κ1) is 24.2. The van der Waals surface area contributed by atoms with Crippen LogP contribution < -0.4 is 5.32 Å². The number of likely N-dealkylation sites (tertiary alicyclic amines) is 1. The molecule has 0 aliphatic carbocycles. The molecule has 3 heterocycles. The quantitative estimate of drug-likeness (QED) is 0.265. The van der Waals surface area contributed by atoms with Gasteiger partial charge in [-0.3, -0.25) is 4.79 Å². The Morgan fingerprint density at radius 1 is 0.950 bits per heavy atom. The highest BCUT2D eigenvalue weighted by Crippen LogP contribution is 2.55. The number of nitrogens with one attached hydrogen (secondary N) is 2. The van der Waals surface area contributed by atoms with Crippen LogP contribution in [0.2, 0.25) is 0 Å². The maximum Gasteiger partial charge on any atom is 0.354 e. The third-order valence-electron chi connectivity index (χ3n) is 8.32. The van der Waals surface area contributed by atoms with Gasteiger partial charge in [-0.15, -0.1) is 0 Å². The summed E-state index contributed by atoms with van der Waals surface area (Å²) in [6, 6.07) is 29.8. The average Bonchev–Trinajstić information content (AvgIpc) is 3.65. The lowest BCUT2D eigenvalue weighted by molar-refractivity contribution is 0.0592. The number of rotatable bonds is 4. The predicted octanol–water partition coefficient (Wildman–Crippen LogP) is 6.34. The van der Waals surface area contributed by atoms with Gasteiger partial charge in [0.2, 0.25) is 0 Å². The van der Waals surface area contributed by atoms with Crippen LogP contribution in [0.1, 0.15) is 38.4 Å². The number of amides is 1. The van der Waals surface area contributed by atoms with Crippen molar-refractivity contribution in [3.63, 3.8) is 0 Å². The Hall–Kier alpha value is -4.91. The normalized spacial score (nSPS) is 19.2. The van der Waals surface area contributed by atoms with Gasteiger partial charge in [-0.1, -0.05) is 66.7 Å². The molecule has 7 rings (SSSR count). The number of H-pyrrole nitrogens is 1. The van der Waals surface area contributed by atoms with Gasteiger partial charge in [-0.05, 0) is 53.4 Å². The molecule has 2 N–H and O–H groups in total. The van der Waals surface area contributed by atoms with E-state index in [4.69, 9.17) is 4.74 Å². The lowest BCUT2D eigenvalue weighted by atomic mass is 9.72. The van der Waals surface area contributed by atoms with Crippen LogP contribution >= 0.6 is 0 Å². The predicted molar refractivity (Wildman–Crippen MR) is 152 cm³/mol. The van der Waals surface area contributed by atoms with Crippen molar-refractivity contribution in [3.8, 4) is 11.1 Å². The molecule has 40 heavy (non-hydrogen) atoms. The summed E-state index contributed by atoms with van der Waals surface area (Å²) in [6.45, 7) is 0.441. The lowest BCUT2D eigenvalue weighted by Crippen LogP contribution is -2.47. The molecular weight excluding hydrogens is 505 g/mol. The molecule has 7 heteroatoms. The standard InChI is InChI=1S/C33H26FN3O3/c1-40-31(39)29-28(24-19-21(34)15-16-26(24)35-29)33-17-18-37(32(33)36-27-14-8-7-13-25(27)33)30(38)23-12-6-5-11-22(23)20-9-3-2-4-10-20/h2-16,19,32,35-36H,17-18H2,1H3. The zero-order valence-electron chi connectivity index (χ0n) is 21.8. The van der Waals surface area contributed by atoms with Crippen molar-refractivity contribution in [1.82, 2.24) is 9.88 Å². The summed E-state index contributed by atoms with van der Waals surface area (Å²) in [5, 5.41) is 4.19. The van der Waals surface area contributed by atoms with Crippen molar-refractivity contribution in [2.24, 2.45) is 0 Å². The summed E-state index contributed by atoms with van der Waals surface area (Å²) in [6.07, 6.45) is 0.0286. The Labute approximate surface area is 230 Å². The maximum absolute atomic E-state index is 14.7. The van der Waals surface area contributed by atoms with Crippen molar-refractivity contribution >= 4 is 28.5 Å². The number of nitrogens with zero attached hydrogens (tertiary/aromatic N) is 1. The number of fused-ring (bicyclic) bond motifs is 4. The van der Waals surface area contributed by atoms with Gasteiger partial charge < -0.3 is 19.9 Å². The number of carbonyl (C=O) groups excluding carboxylic acids is 2. The average molecular weight is 532 g/mol. The van der Waals surface area contributed by atoms with E-state index < -0.39 is 23.4 Å². The largest absolute Gasteiger partial charge is 0.464 e. The van der Waals surface area contributed by atoms with Gasteiger partial charge in [0, 0.05) is 34.3 Å². The Kier molecular flexibility index (Phi) is 5.49. The van der Waals surface area contributed by atoms with Crippen molar-refractivity contribution in [2.75, 3.05) is 19.0 Å². The fraction of sp³-hybridized carbons (Fsp3) is 0.152. The molecular formula is C33H26FN3O3. The SMILES string of the molecule is COC(=O)c1[nH]c2ccc(F)cc2c1C12CCN(C(=O)c3ccccc3-c3ccccc3)C1Nc1ccccc12. The number of methoxy groups -OCH3 is 1. The monoisotopic (exact) mass is 531 g/mol. The molecule has 2 atom stereocenters. The van der Waals surface area contributed by atoms with E-state index in [1.165, 1.54) is 19.2 Å². The molecule has 198 valence electrons. The summed E-state index contributed by atoms with van der Waals surface area (Å²) < 4.78 is 19.8. The van der Waals surface area contributed by atoms with Gasteiger partial charge in [0.25, 0.3) is 5.91 Å². The highest BCUT2D eigenvalue weighted by atomic mass is 19.1. The molecule has 1 fully saturated rings. The third kappa shape index (κ3) is 3.40. The van der Waals surface area contributed by atoms with Crippen molar-refractivity contribution in [2.45, 2.75) is 18.0 Å². The Bertz CT molecular complexity index is 1800. The highest BCUT2D eigenvalue weighted by molar-refractivity contribution is 6.03. The summed E-state index contributed by atoms with van der Waals surface area (Å²) >= 11 is 0. The number of carbonyl (C=O) groups is 2. The number of esters is 1. The second-order valence-corrected chi connectivity index (χ2v) is 10.3. The van der Waals surface area contributed by atoms with Crippen LogP contribution in [-0.4, -0.2) is 41.6 Å². The molecule has 1 aromatic heterocycles. The number of hydrogen-bond donors (Lipinski definition) is 2. The number of ether oxygens (including phenoxy) is 1. The number of benzene rings is 4. The topological polar surface area (TPSA) is 74.4 Å². The minimum absolute atomic E-state index is 0.114. The first-order chi connectivity index (χ1) is 19.5. The highest BCUT2D eigenvalue weighted by Gasteiger charge is 2.58. The molecule has 0 saturated carbocycles. The molecule has 5 aromatic rings. The van der Waals surface area contributed by atoms with Crippen LogP contribution in [0.4, 0.5) is 10.1 Å². The van der Waals surface area contributed by atoms with E-state index in [0.717, 1.165) is 22.4 Å². The minimum atomic E-state index is -0.816. The number of anilines is 1. The van der Waals surface area contributed by atoms with E-state index in [1.807, 2.05) is 83.8 Å². The van der Waals surface area contributed by atoms with Crippen LogP contribution in [0.5, 0.6) is 0 Å². The lowest BCUT2D eigenvalue weighted by Gasteiger charge is -2.33. The molecule has 6 nitrogen and oxygen atoms in total. The number of para-hydroxylation sites is 1. The zero-order chi connectivity index (χ0) is 27.4. The van der Waals surface area contributed by atoms with E-state index in [2.05, 4.69) is 10.3 Å².